The fourth-order valence-corrected chi connectivity index (χ4v) is 4.83. The molecule has 0 atom stereocenters. The van der Waals surface area contributed by atoms with Gasteiger partial charge in [0.15, 0.2) is 0 Å². The van der Waals surface area contributed by atoms with Crippen LogP contribution in [0.1, 0.15) is 96.8 Å². The molecular formula is C25H49NaO7S. The second-order valence-corrected chi connectivity index (χ2v) is 10.8. The van der Waals surface area contributed by atoms with Crippen LogP contribution in [-0.2, 0) is 29.1 Å². The minimum Gasteiger partial charge on any atom is -0.748 e. The molecule has 0 radical (unpaired) electrons. The Balaban J connectivity index is 0.0000109. The van der Waals surface area contributed by atoms with Gasteiger partial charge in [-0.2, -0.15) is 0 Å². The van der Waals surface area contributed by atoms with Crippen molar-refractivity contribution in [1.29, 1.82) is 0 Å². The van der Waals surface area contributed by atoms with Crippen LogP contribution >= 0.6 is 0 Å². The van der Waals surface area contributed by atoms with E-state index in [1.807, 2.05) is 0 Å². The van der Waals surface area contributed by atoms with E-state index in [0.717, 1.165) is 5.92 Å². The van der Waals surface area contributed by atoms with Crippen molar-refractivity contribution in [3.8, 4) is 0 Å². The Hall–Kier alpha value is 0.750. The normalized spacial score (nSPS) is 18.6. The molecule has 0 unspecified atom stereocenters. The fraction of sp³-hybridized carbons (Fsp3) is 1.00. The number of hydrogen-bond acceptors (Lipinski definition) is 7. The Kier molecular flexibility index (Phi) is 24.6. The molecule has 9 heteroatoms. The first-order chi connectivity index (χ1) is 16.0. The van der Waals surface area contributed by atoms with Gasteiger partial charge in [-0.3, -0.25) is 0 Å². The van der Waals surface area contributed by atoms with Gasteiger partial charge in [-0.15, -0.1) is 0 Å². The van der Waals surface area contributed by atoms with Gasteiger partial charge < -0.3 is 23.5 Å². The zero-order chi connectivity index (χ0) is 24.0. The van der Waals surface area contributed by atoms with Crippen LogP contribution in [0.15, 0.2) is 0 Å². The van der Waals surface area contributed by atoms with Crippen LogP contribution in [0.2, 0.25) is 0 Å². The van der Waals surface area contributed by atoms with E-state index in [2.05, 4.69) is 6.92 Å². The average molecular weight is 517 g/mol. The average Bonchev–Trinajstić information content (AvgIpc) is 2.79. The molecule has 0 aromatic rings. The molecule has 198 valence electrons. The summed E-state index contributed by atoms with van der Waals surface area (Å²) in [6.45, 7) is 5.94. The maximum atomic E-state index is 10.5. The number of rotatable bonds is 23. The van der Waals surface area contributed by atoms with Crippen LogP contribution in [0.4, 0.5) is 0 Å². The van der Waals surface area contributed by atoms with Gasteiger partial charge in [-0.1, -0.05) is 58.3 Å². The summed E-state index contributed by atoms with van der Waals surface area (Å²) in [6, 6.07) is 0. The van der Waals surface area contributed by atoms with Gasteiger partial charge in [-0.05, 0) is 44.4 Å². The van der Waals surface area contributed by atoms with Crippen molar-refractivity contribution in [1.82, 2.24) is 0 Å². The summed E-state index contributed by atoms with van der Waals surface area (Å²) in [5.74, 6) is 0.584. The van der Waals surface area contributed by atoms with E-state index in [1.54, 1.807) is 0 Å². The predicted molar refractivity (Wildman–Crippen MR) is 131 cm³/mol. The molecule has 0 amide bonds. The van der Waals surface area contributed by atoms with Crippen LogP contribution in [0, 0.1) is 5.92 Å². The molecule has 1 aliphatic rings. The van der Waals surface area contributed by atoms with Gasteiger partial charge >= 0.3 is 29.6 Å². The Morgan fingerprint density at radius 2 is 1.21 bits per heavy atom. The Bertz CT molecular complexity index is 525. The van der Waals surface area contributed by atoms with Crippen LogP contribution in [0.5, 0.6) is 0 Å². The van der Waals surface area contributed by atoms with Gasteiger partial charge in [0.25, 0.3) is 0 Å². The van der Waals surface area contributed by atoms with E-state index in [9.17, 15) is 13.0 Å². The van der Waals surface area contributed by atoms with Gasteiger partial charge in [0.2, 0.25) is 0 Å². The maximum absolute atomic E-state index is 10.5. The molecule has 0 saturated heterocycles. The van der Waals surface area contributed by atoms with Crippen molar-refractivity contribution in [2.24, 2.45) is 5.92 Å². The molecule has 34 heavy (non-hydrogen) atoms. The Morgan fingerprint density at radius 1 is 0.676 bits per heavy atom. The Labute approximate surface area is 231 Å². The molecule has 0 N–H and O–H groups in total. The molecule has 7 nitrogen and oxygen atoms in total. The molecule has 0 aliphatic heterocycles. The molecule has 1 aliphatic carbocycles. The van der Waals surface area contributed by atoms with E-state index >= 15 is 0 Å². The number of unbranched alkanes of at least 4 members (excludes halogenated alkanes) is 7. The molecule has 1 rings (SSSR count). The largest absolute Gasteiger partial charge is 1.00 e. The molecule has 1 saturated carbocycles. The molecule has 0 heterocycles. The maximum Gasteiger partial charge on any atom is 1.00 e. The van der Waals surface area contributed by atoms with Crippen LogP contribution in [0.25, 0.3) is 0 Å². The predicted octanol–water partition coefficient (Wildman–Crippen LogP) is 2.08. The summed E-state index contributed by atoms with van der Waals surface area (Å²) in [6.07, 6.45) is 17.5. The third-order valence-electron chi connectivity index (χ3n) is 6.27. The summed E-state index contributed by atoms with van der Waals surface area (Å²) < 4.78 is 53.7. The van der Waals surface area contributed by atoms with Crippen molar-refractivity contribution in [3.05, 3.63) is 0 Å². The molecule has 0 bridgehead atoms. The first-order valence-corrected chi connectivity index (χ1v) is 14.9. The first kappa shape index (κ1) is 34.8. The summed E-state index contributed by atoms with van der Waals surface area (Å²) in [5, 5.41) is 0. The van der Waals surface area contributed by atoms with Crippen molar-refractivity contribution in [2.45, 2.75) is 103 Å². The van der Waals surface area contributed by atoms with Gasteiger partial charge in [0.1, 0.15) is 0 Å². The van der Waals surface area contributed by atoms with E-state index in [-0.39, 0.29) is 35.3 Å². The first-order valence-electron chi connectivity index (χ1n) is 13.3. The minimum absolute atomic E-state index is 0. The van der Waals surface area contributed by atoms with Gasteiger partial charge in [-0.25, -0.2) is 8.42 Å². The Morgan fingerprint density at radius 3 is 1.79 bits per heavy atom. The van der Waals surface area contributed by atoms with Gasteiger partial charge in [0.05, 0.1) is 55.9 Å². The zero-order valence-corrected chi connectivity index (χ0v) is 24.8. The van der Waals surface area contributed by atoms with Crippen LogP contribution < -0.4 is 29.6 Å². The second-order valence-electron chi connectivity index (χ2n) is 9.23. The third-order valence-corrected chi connectivity index (χ3v) is 7.06. The summed E-state index contributed by atoms with van der Waals surface area (Å²) >= 11 is 0. The van der Waals surface area contributed by atoms with Crippen molar-refractivity contribution in [3.63, 3.8) is 0 Å². The third kappa shape index (κ3) is 23.2. The standard InChI is InChI=1S/C25H50O7S.Na/c1-2-3-4-5-6-7-8-11-24-12-14-25(15-13-24)32-22-21-31-20-19-30-18-17-29-16-9-10-23-33(26,27)28;/h24-25H,2-23H2,1H3,(H,26,27,28);/q;+1/p-1. The summed E-state index contributed by atoms with van der Waals surface area (Å²) in [5.41, 5.74) is 0. The monoisotopic (exact) mass is 516 g/mol. The molecule has 0 spiro atoms. The topological polar surface area (TPSA) is 94.1 Å². The molecular weight excluding hydrogens is 467 g/mol. The summed E-state index contributed by atoms with van der Waals surface area (Å²) in [4.78, 5) is 0. The summed E-state index contributed by atoms with van der Waals surface area (Å²) in [7, 11) is -4.11. The van der Waals surface area contributed by atoms with Crippen molar-refractivity contribution in [2.75, 3.05) is 52.0 Å². The van der Waals surface area contributed by atoms with Crippen molar-refractivity contribution < 1.29 is 61.5 Å². The van der Waals surface area contributed by atoms with Crippen molar-refractivity contribution >= 4 is 10.1 Å². The zero-order valence-electron chi connectivity index (χ0n) is 22.0. The van der Waals surface area contributed by atoms with Crippen LogP contribution in [0.3, 0.4) is 0 Å². The molecule has 1 fully saturated rings. The fourth-order valence-electron chi connectivity index (χ4n) is 4.28. The van der Waals surface area contributed by atoms with E-state index in [0.29, 0.717) is 65.2 Å². The van der Waals surface area contributed by atoms with E-state index in [1.165, 1.54) is 77.0 Å². The smallest absolute Gasteiger partial charge is 0.748 e. The molecule has 0 aromatic heterocycles. The van der Waals surface area contributed by atoms with E-state index in [4.69, 9.17) is 18.9 Å². The molecule has 0 aromatic carbocycles. The van der Waals surface area contributed by atoms with E-state index < -0.39 is 10.1 Å². The van der Waals surface area contributed by atoms with Crippen LogP contribution in [-0.4, -0.2) is 71.1 Å². The van der Waals surface area contributed by atoms with Gasteiger partial charge in [0, 0.05) is 12.4 Å². The quantitative estimate of drug-likeness (QED) is 0.117. The second kappa shape index (κ2) is 24.1. The minimum atomic E-state index is -4.11. The SMILES string of the molecule is CCCCCCCCCC1CCC(OCCOCCOCCOCCCCS(=O)(=O)[O-])CC1.[Na+]. The number of hydrogen-bond donors (Lipinski definition) is 0. The number of ether oxygens (including phenoxy) is 4.